The molecule has 0 fully saturated rings. The van der Waals surface area contributed by atoms with Crippen molar-refractivity contribution < 1.29 is 22.9 Å². The number of benzene rings is 2. The van der Waals surface area contributed by atoms with Crippen LogP contribution < -0.4 is 14.4 Å². The van der Waals surface area contributed by atoms with E-state index in [2.05, 4.69) is 4.72 Å². The van der Waals surface area contributed by atoms with Gasteiger partial charge in [-0.15, -0.1) is 0 Å². The molecule has 0 radical (unpaired) electrons. The van der Waals surface area contributed by atoms with Crippen LogP contribution in [0.2, 0.25) is 0 Å². The SMILES string of the molecule is CC(=O)S(C)(=O)(Nc1ccc(F)c(C)c1)c1ccc2c(c1)N(C)CC(=O)O2. The number of anilines is 2. The molecular formula is C19H21FN2O4S. The lowest BCUT2D eigenvalue weighted by atomic mass is 10.2. The summed E-state index contributed by atoms with van der Waals surface area (Å²) in [5, 5.41) is -0.551. The average molecular weight is 392 g/mol. The summed E-state index contributed by atoms with van der Waals surface area (Å²) in [5.74, 6) is -0.438. The molecule has 0 atom stereocenters. The van der Waals surface area contributed by atoms with Crippen molar-refractivity contribution in [3.05, 3.63) is 47.8 Å². The highest BCUT2D eigenvalue weighted by Crippen LogP contribution is 2.41. The maximum absolute atomic E-state index is 14.0. The Morgan fingerprint density at radius 1 is 1.26 bits per heavy atom. The lowest BCUT2D eigenvalue weighted by Gasteiger charge is -2.39. The lowest BCUT2D eigenvalue weighted by molar-refractivity contribution is -0.133. The van der Waals surface area contributed by atoms with Crippen LogP contribution in [0.25, 0.3) is 0 Å². The van der Waals surface area contributed by atoms with Gasteiger partial charge in [-0.2, -0.15) is 0 Å². The second kappa shape index (κ2) is 6.16. The summed E-state index contributed by atoms with van der Waals surface area (Å²) in [4.78, 5) is 26.1. The normalized spacial score (nSPS) is 15.4. The van der Waals surface area contributed by atoms with Gasteiger partial charge in [-0.05, 0) is 48.9 Å². The average Bonchev–Trinajstić information content (AvgIpc) is 2.57. The molecule has 0 unspecified atom stereocenters. The number of ether oxygens (including phenoxy) is 1. The summed E-state index contributed by atoms with van der Waals surface area (Å²) < 4.78 is 35.6. The molecule has 1 aliphatic heterocycles. The first-order valence-electron chi connectivity index (χ1n) is 8.26. The molecule has 0 saturated carbocycles. The maximum Gasteiger partial charge on any atom is 0.330 e. The van der Waals surface area contributed by atoms with E-state index in [9.17, 15) is 18.2 Å². The quantitative estimate of drug-likeness (QED) is 0.642. The Kier molecular flexibility index (Phi) is 4.34. The van der Waals surface area contributed by atoms with Gasteiger partial charge in [0.2, 0.25) is 5.12 Å². The lowest BCUT2D eigenvalue weighted by Crippen LogP contribution is -2.46. The first kappa shape index (κ1) is 19.0. The fourth-order valence-electron chi connectivity index (χ4n) is 2.91. The van der Waals surface area contributed by atoms with Crippen molar-refractivity contribution in [1.82, 2.24) is 0 Å². The Morgan fingerprint density at radius 3 is 2.59 bits per heavy atom. The number of carbonyl (C=O) groups excluding carboxylic acids is 2. The van der Waals surface area contributed by atoms with Gasteiger partial charge in [-0.25, -0.2) is 9.18 Å². The van der Waals surface area contributed by atoms with Crippen LogP contribution in [0.1, 0.15) is 12.5 Å². The van der Waals surface area contributed by atoms with E-state index in [1.54, 1.807) is 24.9 Å². The third-order valence-electron chi connectivity index (χ3n) is 4.71. The molecule has 0 bridgehead atoms. The molecule has 8 heteroatoms. The van der Waals surface area contributed by atoms with E-state index in [1.165, 1.54) is 43.5 Å². The topological polar surface area (TPSA) is 75.7 Å². The molecule has 2 aromatic carbocycles. The number of esters is 1. The van der Waals surface area contributed by atoms with Crippen molar-refractivity contribution in [3.63, 3.8) is 0 Å². The largest absolute Gasteiger partial charge is 0.423 e. The molecule has 0 aromatic heterocycles. The number of nitrogens with one attached hydrogen (secondary N) is 1. The molecule has 6 nitrogen and oxygen atoms in total. The van der Waals surface area contributed by atoms with Gasteiger partial charge in [-0.1, -0.05) is 0 Å². The molecular weight excluding hydrogens is 371 g/mol. The van der Waals surface area contributed by atoms with E-state index in [0.717, 1.165) is 0 Å². The highest BCUT2D eigenvalue weighted by atomic mass is 32.3. The van der Waals surface area contributed by atoms with E-state index in [1.807, 2.05) is 0 Å². The van der Waals surface area contributed by atoms with Crippen LogP contribution in [0.15, 0.2) is 41.3 Å². The minimum Gasteiger partial charge on any atom is -0.423 e. The molecule has 144 valence electrons. The molecule has 1 N–H and O–H groups in total. The predicted octanol–water partition coefficient (Wildman–Crippen LogP) is 2.87. The van der Waals surface area contributed by atoms with E-state index < -0.39 is 20.3 Å². The summed E-state index contributed by atoms with van der Waals surface area (Å²) in [7, 11) is -2.50. The van der Waals surface area contributed by atoms with Crippen molar-refractivity contribution in [2.75, 3.05) is 29.5 Å². The molecule has 0 spiro atoms. The first-order chi connectivity index (χ1) is 12.5. The monoisotopic (exact) mass is 392 g/mol. The van der Waals surface area contributed by atoms with Crippen molar-refractivity contribution >= 4 is 31.7 Å². The molecule has 0 amide bonds. The van der Waals surface area contributed by atoms with Gasteiger partial charge in [0.05, 0.1) is 5.69 Å². The summed E-state index contributed by atoms with van der Waals surface area (Å²) in [6, 6.07) is 8.81. The summed E-state index contributed by atoms with van der Waals surface area (Å²) in [6.45, 7) is 2.89. The summed E-state index contributed by atoms with van der Waals surface area (Å²) in [5.41, 5.74) is 1.31. The Morgan fingerprint density at radius 2 is 1.96 bits per heavy atom. The van der Waals surface area contributed by atoms with Gasteiger partial charge in [0.15, 0.2) is 5.75 Å². The predicted molar refractivity (Wildman–Crippen MR) is 103 cm³/mol. The zero-order chi connectivity index (χ0) is 20.0. The van der Waals surface area contributed by atoms with Crippen LogP contribution >= 0.6 is 0 Å². The zero-order valence-electron chi connectivity index (χ0n) is 15.5. The number of likely N-dealkylation sites (N-methyl/N-ethyl adjacent to an activating group) is 1. The molecule has 1 heterocycles. The first-order valence-corrected chi connectivity index (χ1v) is 10.6. The van der Waals surface area contributed by atoms with E-state index in [4.69, 9.17) is 4.74 Å². The van der Waals surface area contributed by atoms with Gasteiger partial charge >= 0.3 is 5.97 Å². The molecule has 2 aromatic rings. The summed E-state index contributed by atoms with van der Waals surface area (Å²) in [6.07, 6.45) is 1.36. The number of hydrogen-bond acceptors (Lipinski definition) is 5. The second-order valence-electron chi connectivity index (χ2n) is 6.85. The fourth-order valence-corrected chi connectivity index (χ4v) is 4.99. The molecule has 1 aliphatic rings. The van der Waals surface area contributed by atoms with E-state index in [-0.39, 0.29) is 17.3 Å². The number of fused-ring (bicyclic) bond motifs is 1. The van der Waals surface area contributed by atoms with Gasteiger partial charge in [0.25, 0.3) is 0 Å². The van der Waals surface area contributed by atoms with Gasteiger partial charge in [0, 0.05) is 40.1 Å². The second-order valence-corrected chi connectivity index (χ2v) is 10.8. The van der Waals surface area contributed by atoms with Gasteiger partial charge in [0.1, 0.15) is 12.4 Å². The van der Waals surface area contributed by atoms with Crippen LogP contribution in [-0.4, -0.2) is 35.1 Å². The van der Waals surface area contributed by atoms with Crippen molar-refractivity contribution in [3.8, 4) is 5.75 Å². The third kappa shape index (κ3) is 3.21. The number of hydrogen-bond donors (Lipinski definition) is 1. The Hall–Kier alpha value is -2.74. The molecule has 0 saturated heterocycles. The number of nitrogens with zero attached hydrogens (tertiary/aromatic N) is 1. The molecule has 3 rings (SSSR count). The fraction of sp³-hybridized carbons (Fsp3) is 0.263. The van der Waals surface area contributed by atoms with E-state index in [0.29, 0.717) is 22.7 Å². The molecule has 0 aliphatic carbocycles. The van der Waals surface area contributed by atoms with Crippen LogP contribution in [0.4, 0.5) is 15.8 Å². The van der Waals surface area contributed by atoms with Crippen LogP contribution in [0, 0.1) is 12.7 Å². The van der Waals surface area contributed by atoms with Gasteiger partial charge < -0.3 is 14.4 Å². The minimum atomic E-state index is -4.21. The van der Waals surface area contributed by atoms with Crippen molar-refractivity contribution in [2.45, 2.75) is 18.7 Å². The molecule has 27 heavy (non-hydrogen) atoms. The Balaban J connectivity index is 2.12. The van der Waals surface area contributed by atoms with E-state index >= 15 is 0 Å². The number of aryl methyl sites for hydroxylation is 1. The Labute approximate surface area is 156 Å². The zero-order valence-corrected chi connectivity index (χ0v) is 16.4. The highest BCUT2D eigenvalue weighted by Gasteiger charge is 2.40. The van der Waals surface area contributed by atoms with Crippen LogP contribution in [0.3, 0.4) is 0 Å². The number of halogens is 1. The standard InChI is InChI=1S/C19H21FN2O4S/c1-12-9-14(5-7-16(12)20)21-27(4,25,13(2)23)15-6-8-18-17(10-15)22(3)11-19(24)26-18/h5-10H,11H2,1-4H3,(H,21,25). The van der Waals surface area contributed by atoms with Gasteiger partial charge in [-0.3, -0.25) is 9.00 Å². The maximum atomic E-state index is 14.0. The Bertz CT molecular complexity index is 1040. The number of rotatable bonds is 3. The van der Waals surface area contributed by atoms with Crippen molar-refractivity contribution in [1.29, 1.82) is 0 Å². The minimum absolute atomic E-state index is 0.0527. The third-order valence-corrected chi connectivity index (χ3v) is 8.21. The van der Waals surface area contributed by atoms with Crippen LogP contribution in [0.5, 0.6) is 5.75 Å². The summed E-state index contributed by atoms with van der Waals surface area (Å²) >= 11 is 0. The highest BCUT2D eigenvalue weighted by molar-refractivity contribution is 8.32. The van der Waals surface area contributed by atoms with Crippen molar-refractivity contribution in [2.24, 2.45) is 0 Å². The number of carbonyl (C=O) groups is 2. The van der Waals surface area contributed by atoms with Crippen LogP contribution in [-0.2, 0) is 18.8 Å². The smallest absolute Gasteiger partial charge is 0.330 e.